The Morgan fingerprint density at radius 2 is 1.88 bits per heavy atom. The Hall–Kier alpha value is -1.35. The van der Waals surface area contributed by atoms with Crippen LogP contribution in [-0.2, 0) is 11.3 Å². The van der Waals surface area contributed by atoms with Gasteiger partial charge in [-0.1, -0.05) is 29.8 Å². The van der Waals surface area contributed by atoms with Gasteiger partial charge >= 0.3 is 0 Å². The van der Waals surface area contributed by atoms with Gasteiger partial charge in [-0.05, 0) is 39.5 Å². The molecule has 0 fully saturated rings. The van der Waals surface area contributed by atoms with Crippen LogP contribution in [0.4, 0.5) is 0 Å². The fraction of sp³-hybridized carbons (Fsp3) is 0.500. The molecule has 0 bridgehead atoms. The minimum absolute atomic E-state index is 0.132. The molecule has 0 unspecified atom stereocenters. The normalized spacial score (nSPS) is 10.6. The molecule has 0 saturated heterocycles. The Bertz CT molecular complexity index is 344. The maximum absolute atomic E-state index is 11.5. The van der Waals surface area contributed by atoms with Crippen molar-refractivity contribution in [2.45, 2.75) is 26.3 Å². The van der Waals surface area contributed by atoms with Crippen LogP contribution in [0.15, 0.2) is 24.3 Å². The zero-order chi connectivity index (χ0) is 12.7. The van der Waals surface area contributed by atoms with Gasteiger partial charge in [0.15, 0.2) is 0 Å². The van der Waals surface area contributed by atoms with Gasteiger partial charge in [-0.3, -0.25) is 4.79 Å². The first-order valence-electron chi connectivity index (χ1n) is 6.05. The predicted octanol–water partition coefficient (Wildman–Crippen LogP) is 1.95. The second-order valence-corrected chi connectivity index (χ2v) is 4.67. The number of benzene rings is 1. The first-order valence-corrected chi connectivity index (χ1v) is 6.05. The molecule has 0 spiro atoms. The van der Waals surface area contributed by atoms with Gasteiger partial charge in [0.25, 0.3) is 0 Å². The summed E-state index contributed by atoms with van der Waals surface area (Å²) in [7, 11) is 4.04. The molecule has 94 valence electrons. The van der Waals surface area contributed by atoms with E-state index in [-0.39, 0.29) is 5.91 Å². The Kier molecular flexibility index (Phi) is 5.70. The molecule has 1 aromatic rings. The number of rotatable bonds is 6. The van der Waals surface area contributed by atoms with Crippen LogP contribution in [0, 0.1) is 6.92 Å². The molecule has 0 aliphatic rings. The van der Waals surface area contributed by atoms with Gasteiger partial charge in [0.05, 0.1) is 0 Å². The number of aryl methyl sites for hydroxylation is 1. The summed E-state index contributed by atoms with van der Waals surface area (Å²) in [5.74, 6) is 0.132. The number of carbonyl (C=O) groups is 1. The summed E-state index contributed by atoms with van der Waals surface area (Å²) in [5.41, 5.74) is 2.39. The molecule has 1 rings (SSSR count). The van der Waals surface area contributed by atoms with Gasteiger partial charge in [0.2, 0.25) is 5.91 Å². The van der Waals surface area contributed by atoms with Gasteiger partial charge < -0.3 is 10.2 Å². The summed E-state index contributed by atoms with van der Waals surface area (Å²) in [6.07, 6.45) is 1.51. The average molecular weight is 234 g/mol. The summed E-state index contributed by atoms with van der Waals surface area (Å²) in [6, 6.07) is 8.23. The molecule has 0 heterocycles. The number of hydrogen-bond donors (Lipinski definition) is 1. The fourth-order valence-corrected chi connectivity index (χ4v) is 1.55. The van der Waals surface area contributed by atoms with E-state index < -0.39 is 0 Å². The van der Waals surface area contributed by atoms with E-state index in [1.54, 1.807) is 0 Å². The molecule has 0 saturated carbocycles. The lowest BCUT2D eigenvalue weighted by Gasteiger charge is -2.09. The van der Waals surface area contributed by atoms with E-state index in [4.69, 9.17) is 0 Å². The van der Waals surface area contributed by atoms with Crippen LogP contribution in [0.2, 0.25) is 0 Å². The van der Waals surface area contributed by atoms with E-state index in [1.807, 2.05) is 14.1 Å². The molecule has 0 aliphatic carbocycles. The molecule has 0 aromatic heterocycles. The summed E-state index contributed by atoms with van der Waals surface area (Å²) < 4.78 is 0. The van der Waals surface area contributed by atoms with Crippen molar-refractivity contribution in [3.63, 3.8) is 0 Å². The lowest BCUT2D eigenvalue weighted by atomic mass is 10.1. The highest BCUT2D eigenvalue weighted by Gasteiger charge is 2.01. The topological polar surface area (TPSA) is 32.3 Å². The highest BCUT2D eigenvalue weighted by molar-refractivity contribution is 5.75. The van der Waals surface area contributed by atoms with Crippen LogP contribution in [0.3, 0.4) is 0 Å². The molecular formula is C14H22N2O. The third kappa shape index (κ3) is 6.07. The van der Waals surface area contributed by atoms with Gasteiger partial charge in [-0.25, -0.2) is 0 Å². The predicted molar refractivity (Wildman–Crippen MR) is 70.8 cm³/mol. The molecule has 3 heteroatoms. The van der Waals surface area contributed by atoms with Gasteiger partial charge in [0, 0.05) is 13.0 Å². The molecule has 1 N–H and O–H groups in total. The first-order chi connectivity index (χ1) is 8.08. The lowest BCUT2D eigenvalue weighted by Crippen LogP contribution is -2.24. The summed E-state index contributed by atoms with van der Waals surface area (Å²) in [5, 5.41) is 2.93. The summed E-state index contributed by atoms with van der Waals surface area (Å²) in [4.78, 5) is 13.6. The second-order valence-electron chi connectivity index (χ2n) is 4.67. The van der Waals surface area contributed by atoms with Crippen molar-refractivity contribution < 1.29 is 4.79 Å². The van der Waals surface area contributed by atoms with E-state index in [0.717, 1.165) is 18.5 Å². The third-order valence-corrected chi connectivity index (χ3v) is 2.62. The molecular weight excluding hydrogens is 212 g/mol. The number of nitrogens with zero attached hydrogens (tertiary/aromatic N) is 1. The van der Waals surface area contributed by atoms with Crippen molar-refractivity contribution in [3.05, 3.63) is 35.4 Å². The number of hydrogen-bond acceptors (Lipinski definition) is 2. The van der Waals surface area contributed by atoms with Crippen molar-refractivity contribution in [2.24, 2.45) is 0 Å². The Morgan fingerprint density at radius 3 is 2.47 bits per heavy atom. The van der Waals surface area contributed by atoms with Crippen molar-refractivity contribution >= 4 is 5.91 Å². The third-order valence-electron chi connectivity index (χ3n) is 2.62. The quantitative estimate of drug-likeness (QED) is 0.816. The van der Waals surface area contributed by atoms with E-state index in [1.165, 1.54) is 5.56 Å². The van der Waals surface area contributed by atoms with Crippen LogP contribution >= 0.6 is 0 Å². The minimum Gasteiger partial charge on any atom is -0.352 e. The maximum Gasteiger partial charge on any atom is 0.220 e. The smallest absolute Gasteiger partial charge is 0.220 e. The Balaban J connectivity index is 2.21. The molecule has 17 heavy (non-hydrogen) atoms. The van der Waals surface area contributed by atoms with Crippen LogP contribution in [0.5, 0.6) is 0 Å². The average Bonchev–Trinajstić information content (AvgIpc) is 2.28. The van der Waals surface area contributed by atoms with Crippen LogP contribution in [0.1, 0.15) is 24.0 Å². The van der Waals surface area contributed by atoms with Crippen LogP contribution in [-0.4, -0.2) is 31.4 Å². The van der Waals surface area contributed by atoms with Crippen LogP contribution < -0.4 is 5.32 Å². The SMILES string of the molecule is Cc1ccc(CNC(=O)CCCN(C)C)cc1. The van der Waals surface area contributed by atoms with Crippen molar-refractivity contribution in [1.82, 2.24) is 10.2 Å². The fourth-order valence-electron chi connectivity index (χ4n) is 1.55. The molecule has 0 aliphatic heterocycles. The van der Waals surface area contributed by atoms with E-state index >= 15 is 0 Å². The Labute approximate surface area is 104 Å². The largest absolute Gasteiger partial charge is 0.352 e. The van der Waals surface area contributed by atoms with Gasteiger partial charge in [-0.2, -0.15) is 0 Å². The zero-order valence-corrected chi connectivity index (χ0v) is 11.0. The monoisotopic (exact) mass is 234 g/mol. The van der Waals surface area contributed by atoms with E-state index in [2.05, 4.69) is 41.4 Å². The first kappa shape index (κ1) is 13.7. The zero-order valence-electron chi connectivity index (χ0n) is 11.0. The number of carbonyl (C=O) groups excluding carboxylic acids is 1. The summed E-state index contributed by atoms with van der Waals surface area (Å²) >= 11 is 0. The second kappa shape index (κ2) is 7.07. The van der Waals surface area contributed by atoms with E-state index in [9.17, 15) is 4.79 Å². The lowest BCUT2D eigenvalue weighted by molar-refractivity contribution is -0.121. The standard InChI is InChI=1S/C14H22N2O/c1-12-6-8-13(9-7-12)11-15-14(17)5-4-10-16(2)3/h6-9H,4-5,10-11H2,1-3H3,(H,15,17). The molecule has 1 aromatic carbocycles. The molecule has 0 atom stereocenters. The molecule has 0 radical (unpaired) electrons. The number of amides is 1. The Morgan fingerprint density at radius 1 is 1.24 bits per heavy atom. The number of nitrogens with one attached hydrogen (secondary N) is 1. The molecule has 1 amide bonds. The van der Waals surface area contributed by atoms with Crippen LogP contribution in [0.25, 0.3) is 0 Å². The van der Waals surface area contributed by atoms with E-state index in [0.29, 0.717) is 13.0 Å². The minimum atomic E-state index is 0.132. The summed E-state index contributed by atoms with van der Waals surface area (Å²) in [6.45, 7) is 3.64. The van der Waals surface area contributed by atoms with Gasteiger partial charge in [-0.15, -0.1) is 0 Å². The van der Waals surface area contributed by atoms with Gasteiger partial charge in [0.1, 0.15) is 0 Å². The van der Waals surface area contributed by atoms with Crippen molar-refractivity contribution in [1.29, 1.82) is 0 Å². The highest BCUT2D eigenvalue weighted by atomic mass is 16.1. The molecule has 3 nitrogen and oxygen atoms in total. The van der Waals surface area contributed by atoms with Crippen molar-refractivity contribution in [3.8, 4) is 0 Å². The highest BCUT2D eigenvalue weighted by Crippen LogP contribution is 2.02. The van der Waals surface area contributed by atoms with Crippen molar-refractivity contribution in [2.75, 3.05) is 20.6 Å². The maximum atomic E-state index is 11.5.